The smallest absolute Gasteiger partial charge is 0.328 e. The fraction of sp³-hybridized carbons (Fsp3) is 0.400. The highest BCUT2D eigenvalue weighted by molar-refractivity contribution is 5.78. The summed E-state index contributed by atoms with van der Waals surface area (Å²) in [6.07, 6.45) is 2.02. The molecule has 0 radical (unpaired) electrons. The van der Waals surface area contributed by atoms with Gasteiger partial charge in [-0.15, -0.1) is 0 Å². The molecule has 1 saturated heterocycles. The van der Waals surface area contributed by atoms with E-state index in [1.54, 1.807) is 22.4 Å². The Hall–Kier alpha value is -2.80. The Morgan fingerprint density at radius 3 is 2.48 bits per heavy atom. The number of piperazine rings is 1. The molecule has 3 aromatic rings. The minimum Gasteiger partial charge on any atom is -0.468 e. The molecule has 4 rings (SSSR count). The number of hydrogen-bond donors (Lipinski definition) is 0. The molecule has 3 heterocycles. The van der Waals surface area contributed by atoms with Crippen molar-refractivity contribution >= 4 is 16.9 Å². The molecule has 1 aliphatic rings. The van der Waals surface area contributed by atoms with Crippen molar-refractivity contribution in [1.82, 2.24) is 18.9 Å². The van der Waals surface area contributed by atoms with Crippen LogP contribution < -0.4 is 5.69 Å². The van der Waals surface area contributed by atoms with E-state index >= 15 is 0 Å². The van der Waals surface area contributed by atoms with Crippen molar-refractivity contribution in [2.45, 2.75) is 19.5 Å². The molecule has 2 aromatic heterocycles. The summed E-state index contributed by atoms with van der Waals surface area (Å²) >= 11 is 0. The van der Waals surface area contributed by atoms with E-state index in [4.69, 9.17) is 4.42 Å². The van der Waals surface area contributed by atoms with E-state index in [0.717, 1.165) is 36.4 Å². The van der Waals surface area contributed by atoms with Gasteiger partial charge >= 0.3 is 5.69 Å². The van der Waals surface area contributed by atoms with E-state index in [0.29, 0.717) is 26.1 Å². The van der Waals surface area contributed by atoms with Crippen LogP contribution in [0.2, 0.25) is 0 Å². The third-order valence-electron chi connectivity index (χ3n) is 5.29. The molecule has 1 fully saturated rings. The Kier molecular flexibility index (Phi) is 4.85. The van der Waals surface area contributed by atoms with E-state index in [-0.39, 0.29) is 11.6 Å². The van der Waals surface area contributed by atoms with E-state index in [1.807, 2.05) is 41.3 Å². The molecule has 1 aliphatic heterocycles. The molecule has 0 unspecified atom stereocenters. The number of carbonyl (C=O) groups excluding carboxylic acids is 1. The van der Waals surface area contributed by atoms with Crippen LogP contribution in [0.1, 0.15) is 12.2 Å². The van der Waals surface area contributed by atoms with Crippen LogP contribution in [0.5, 0.6) is 0 Å². The molecule has 1 amide bonds. The lowest BCUT2D eigenvalue weighted by Crippen LogP contribution is -2.48. The van der Waals surface area contributed by atoms with Gasteiger partial charge < -0.3 is 9.32 Å². The van der Waals surface area contributed by atoms with Crippen LogP contribution in [0.25, 0.3) is 11.0 Å². The Bertz CT molecular complexity index is 978. The fourth-order valence-corrected chi connectivity index (χ4v) is 3.72. The predicted molar refractivity (Wildman–Crippen MR) is 102 cm³/mol. The lowest BCUT2D eigenvalue weighted by Gasteiger charge is -2.34. The molecular weight excluding hydrogens is 344 g/mol. The second-order valence-electron chi connectivity index (χ2n) is 6.97. The van der Waals surface area contributed by atoms with Crippen LogP contribution in [0.4, 0.5) is 0 Å². The summed E-state index contributed by atoms with van der Waals surface area (Å²) in [6, 6.07) is 11.5. The summed E-state index contributed by atoms with van der Waals surface area (Å²) in [4.78, 5) is 29.3. The molecule has 0 N–H and O–H groups in total. The summed E-state index contributed by atoms with van der Waals surface area (Å²) in [5.74, 6) is 1.05. The zero-order valence-corrected chi connectivity index (χ0v) is 15.5. The number of aromatic nitrogens is 2. The average molecular weight is 368 g/mol. The Morgan fingerprint density at radius 1 is 1.04 bits per heavy atom. The van der Waals surface area contributed by atoms with Crippen LogP contribution in [0.15, 0.2) is 51.9 Å². The first-order valence-electron chi connectivity index (χ1n) is 9.30. The number of hydrogen-bond acceptors (Lipinski definition) is 4. The molecule has 0 spiro atoms. The Balaban J connectivity index is 1.34. The van der Waals surface area contributed by atoms with Gasteiger partial charge in [-0.1, -0.05) is 12.1 Å². The number of fused-ring (bicyclic) bond motifs is 1. The average Bonchev–Trinajstić information content (AvgIpc) is 3.28. The minimum atomic E-state index is -0.0766. The topological polar surface area (TPSA) is 63.6 Å². The van der Waals surface area contributed by atoms with Gasteiger partial charge in [-0.3, -0.25) is 18.8 Å². The second kappa shape index (κ2) is 7.44. The van der Waals surface area contributed by atoms with Crippen molar-refractivity contribution in [3.63, 3.8) is 0 Å². The number of amides is 1. The first-order chi connectivity index (χ1) is 13.1. The van der Waals surface area contributed by atoms with Crippen molar-refractivity contribution in [3.8, 4) is 0 Å². The predicted octanol–water partition coefficient (Wildman–Crippen LogP) is 1.67. The normalized spacial score (nSPS) is 15.5. The van der Waals surface area contributed by atoms with Crippen molar-refractivity contribution in [2.75, 3.05) is 26.2 Å². The van der Waals surface area contributed by atoms with Gasteiger partial charge in [0.15, 0.2) is 0 Å². The number of aryl methyl sites for hydroxylation is 2. The Labute approximate surface area is 157 Å². The Morgan fingerprint density at radius 2 is 1.78 bits per heavy atom. The monoisotopic (exact) mass is 368 g/mol. The van der Waals surface area contributed by atoms with Gasteiger partial charge in [0.1, 0.15) is 5.76 Å². The van der Waals surface area contributed by atoms with Crippen molar-refractivity contribution in [2.24, 2.45) is 7.05 Å². The quantitative estimate of drug-likeness (QED) is 0.687. The highest BCUT2D eigenvalue weighted by atomic mass is 16.3. The maximum Gasteiger partial charge on any atom is 0.328 e. The van der Waals surface area contributed by atoms with Crippen molar-refractivity contribution < 1.29 is 9.21 Å². The molecule has 142 valence electrons. The van der Waals surface area contributed by atoms with Crippen LogP contribution in [-0.2, 0) is 24.9 Å². The first kappa shape index (κ1) is 17.6. The zero-order chi connectivity index (χ0) is 18.8. The second-order valence-corrected chi connectivity index (χ2v) is 6.97. The number of nitrogens with zero attached hydrogens (tertiary/aromatic N) is 4. The van der Waals surface area contributed by atoms with Crippen LogP contribution in [-0.4, -0.2) is 51.0 Å². The van der Waals surface area contributed by atoms with E-state index in [2.05, 4.69) is 4.90 Å². The van der Waals surface area contributed by atoms with Gasteiger partial charge in [-0.25, -0.2) is 4.79 Å². The number of carbonyl (C=O) groups is 1. The lowest BCUT2D eigenvalue weighted by molar-refractivity contribution is -0.133. The van der Waals surface area contributed by atoms with E-state index < -0.39 is 0 Å². The van der Waals surface area contributed by atoms with Gasteiger partial charge in [0.05, 0.1) is 23.8 Å². The highest BCUT2D eigenvalue weighted by Crippen LogP contribution is 2.13. The van der Waals surface area contributed by atoms with Gasteiger partial charge in [0.2, 0.25) is 5.91 Å². The molecule has 27 heavy (non-hydrogen) atoms. The van der Waals surface area contributed by atoms with Gasteiger partial charge in [0, 0.05) is 46.2 Å². The van der Waals surface area contributed by atoms with Gasteiger partial charge in [0.25, 0.3) is 0 Å². The number of benzene rings is 1. The molecule has 0 saturated carbocycles. The summed E-state index contributed by atoms with van der Waals surface area (Å²) in [7, 11) is 1.77. The summed E-state index contributed by atoms with van der Waals surface area (Å²) < 4.78 is 8.72. The summed E-state index contributed by atoms with van der Waals surface area (Å²) in [5, 5.41) is 0. The van der Waals surface area contributed by atoms with Crippen LogP contribution >= 0.6 is 0 Å². The first-order valence-corrected chi connectivity index (χ1v) is 9.30. The number of rotatable bonds is 5. The minimum absolute atomic E-state index is 0.0766. The van der Waals surface area contributed by atoms with Crippen LogP contribution in [0.3, 0.4) is 0 Å². The van der Waals surface area contributed by atoms with E-state index in [9.17, 15) is 9.59 Å². The fourth-order valence-electron chi connectivity index (χ4n) is 3.72. The van der Waals surface area contributed by atoms with Crippen molar-refractivity contribution in [3.05, 3.63) is 58.9 Å². The molecule has 0 aliphatic carbocycles. The molecule has 1 aromatic carbocycles. The third kappa shape index (κ3) is 3.55. The number of para-hydroxylation sites is 2. The number of furan rings is 1. The third-order valence-corrected chi connectivity index (χ3v) is 5.29. The maximum atomic E-state index is 12.6. The van der Waals surface area contributed by atoms with Crippen LogP contribution in [0, 0.1) is 0 Å². The summed E-state index contributed by atoms with van der Waals surface area (Å²) in [6.45, 7) is 4.28. The molecule has 0 bridgehead atoms. The van der Waals surface area contributed by atoms with Crippen molar-refractivity contribution in [1.29, 1.82) is 0 Å². The van der Waals surface area contributed by atoms with Gasteiger partial charge in [-0.2, -0.15) is 0 Å². The van der Waals surface area contributed by atoms with Gasteiger partial charge in [-0.05, 0) is 24.3 Å². The standard InChI is InChI=1S/C20H24N4O3/c1-21-17-6-2-3-7-18(17)24(20(21)26)9-8-19(25)23-12-10-22(11-13-23)15-16-5-4-14-27-16/h2-7,14H,8-13,15H2,1H3. The molecule has 7 heteroatoms. The zero-order valence-electron chi connectivity index (χ0n) is 15.5. The molecular formula is C20H24N4O3. The highest BCUT2D eigenvalue weighted by Gasteiger charge is 2.22. The summed E-state index contributed by atoms with van der Waals surface area (Å²) in [5.41, 5.74) is 1.69. The van der Waals surface area contributed by atoms with E-state index in [1.165, 1.54) is 0 Å². The lowest BCUT2D eigenvalue weighted by atomic mass is 10.2. The molecule has 7 nitrogen and oxygen atoms in total. The number of imidazole rings is 1. The largest absolute Gasteiger partial charge is 0.468 e. The molecule has 0 atom stereocenters. The SMILES string of the molecule is Cn1c(=O)n(CCC(=O)N2CCN(Cc3ccco3)CC2)c2ccccc21. The maximum absolute atomic E-state index is 12.6.